The summed E-state index contributed by atoms with van der Waals surface area (Å²) in [5, 5.41) is 31.7. The number of fused-ring (bicyclic) bond motifs is 11. The van der Waals surface area contributed by atoms with E-state index in [1.165, 1.54) is 36.5 Å². The number of allylic oxidation sites excluding steroid dienone is 3. The zero-order chi connectivity index (χ0) is 53.1. The van der Waals surface area contributed by atoms with E-state index >= 15 is 0 Å². The van der Waals surface area contributed by atoms with Gasteiger partial charge in [-0.05, 0) is 139 Å². The molecule has 8 aliphatic rings. The molecule has 13 rings (SSSR count). The van der Waals surface area contributed by atoms with Crippen molar-refractivity contribution in [1.29, 1.82) is 0 Å². The summed E-state index contributed by atoms with van der Waals surface area (Å²) >= 11 is 0. The maximum Gasteiger partial charge on any atom is 0.302 e. The Morgan fingerprint density at radius 1 is 0.923 bits per heavy atom. The first-order valence-corrected chi connectivity index (χ1v) is 30.6. The fourth-order valence-electron chi connectivity index (χ4n) is 14.9. The second-order valence-electron chi connectivity index (χ2n) is 23.1. The van der Waals surface area contributed by atoms with Crippen molar-refractivity contribution in [2.45, 2.75) is 131 Å². The number of hydrogen-bond donors (Lipinski definition) is 5. The van der Waals surface area contributed by atoms with Gasteiger partial charge < -0.3 is 45.5 Å². The number of hydrogen-bond acceptors (Lipinski definition) is 12. The van der Waals surface area contributed by atoms with Crippen molar-refractivity contribution >= 4 is 33.6 Å². The maximum atomic E-state index is 13.0. The summed E-state index contributed by atoms with van der Waals surface area (Å²) in [5.41, 5.74) is 18.4. The number of carbonyl (C=O) groups is 1. The molecule has 6 bridgehead atoms. The zero-order valence-electron chi connectivity index (χ0n) is 44.5. The quantitative estimate of drug-likeness (QED) is 0.0573. The molecule has 11 unspecified atom stereocenters. The number of phenolic OH excluding ortho intramolecular Hbond substituents is 2. The van der Waals surface area contributed by atoms with Crippen molar-refractivity contribution in [2.24, 2.45) is 23.5 Å². The van der Waals surface area contributed by atoms with Gasteiger partial charge in [-0.1, -0.05) is 125 Å². The minimum absolute atomic E-state index is 0.0398. The van der Waals surface area contributed by atoms with E-state index < -0.39 is 23.6 Å². The third-order valence-corrected chi connectivity index (χ3v) is 21.3. The standard InChI is InChI=1S/C66H69N3O7S2/c1-38(70)74-36-52-49-21-22-50-59-44(31-46(71)33-56(59)73-2)35-66-28-27-43(34-66)47(20-19-39-11-5-3-6-12-39)48-24-26-58(67)69-53(48)18-10-16-42-32-55(72)62-51(60(42)63(52)76-64(49)61(50)66)23-25-54-65(75-62)57(30-40-13-7-4-8-14-40)78-77-37-41-15-9-17-45(29-41)68-54/h3-8,11-14,21-26,31-33,41,43,45,47,52,54,57-58,63,65,68-69,71-72H,9,15-17,19-20,27-30,34-37,67H2,1-2H3. The number of rotatable bonds is 8. The lowest BCUT2D eigenvalue weighted by Crippen LogP contribution is -2.52. The van der Waals surface area contributed by atoms with Crippen LogP contribution in [-0.2, 0) is 40.6 Å². The van der Waals surface area contributed by atoms with E-state index in [0.29, 0.717) is 29.9 Å². The van der Waals surface area contributed by atoms with E-state index in [1.54, 1.807) is 13.2 Å². The fourth-order valence-corrected chi connectivity index (χ4v) is 18.1. The first-order valence-electron chi connectivity index (χ1n) is 28.3. The molecule has 0 aromatic heterocycles. The summed E-state index contributed by atoms with van der Waals surface area (Å²) in [7, 11) is 5.56. The Labute approximate surface area is 466 Å². The minimum Gasteiger partial charge on any atom is -0.508 e. The highest BCUT2D eigenvalue weighted by atomic mass is 33.1. The lowest BCUT2D eigenvalue weighted by Gasteiger charge is -2.40. The Bertz CT molecular complexity index is 3300. The third kappa shape index (κ3) is 9.67. The van der Waals surface area contributed by atoms with Gasteiger partial charge in [0.1, 0.15) is 36.1 Å². The van der Waals surface area contributed by atoms with Crippen LogP contribution in [0.4, 0.5) is 0 Å². The number of methoxy groups -OCH3 is 1. The number of ether oxygens (including phenoxy) is 4. The number of aryl methyl sites for hydroxylation is 1. The van der Waals surface area contributed by atoms with Gasteiger partial charge in [-0.3, -0.25) is 4.79 Å². The molecule has 12 heteroatoms. The monoisotopic (exact) mass is 1080 g/mol. The van der Waals surface area contributed by atoms with E-state index in [1.807, 2.05) is 33.7 Å². The molecular formula is C66H69N3O7S2. The second-order valence-corrected chi connectivity index (χ2v) is 25.8. The smallest absolute Gasteiger partial charge is 0.302 e. The highest BCUT2D eigenvalue weighted by Gasteiger charge is 2.53. The number of dihydropyridines is 1. The molecular weight excluding hydrogens is 1010 g/mol. The number of phenols is 2. The maximum absolute atomic E-state index is 13.0. The Hall–Kier alpha value is -6.23. The molecule has 5 heterocycles. The van der Waals surface area contributed by atoms with Gasteiger partial charge in [-0.25, -0.2) is 0 Å². The molecule has 402 valence electrons. The average Bonchev–Trinajstić information content (AvgIpc) is 4.10. The molecule has 3 fully saturated rings. The highest BCUT2D eigenvalue weighted by molar-refractivity contribution is 8.77. The summed E-state index contributed by atoms with van der Waals surface area (Å²) in [6.07, 6.45) is 18.3. The van der Waals surface area contributed by atoms with Crippen LogP contribution in [0.3, 0.4) is 0 Å². The van der Waals surface area contributed by atoms with Gasteiger partial charge in [0.25, 0.3) is 0 Å². The van der Waals surface area contributed by atoms with Gasteiger partial charge in [0, 0.05) is 64.4 Å². The van der Waals surface area contributed by atoms with Crippen LogP contribution in [0, 0.1) is 29.6 Å². The Kier molecular flexibility index (Phi) is 14.1. The van der Waals surface area contributed by atoms with E-state index in [-0.39, 0.29) is 59.7 Å². The van der Waals surface area contributed by atoms with E-state index in [4.69, 9.17) is 24.7 Å². The summed E-state index contributed by atoms with van der Waals surface area (Å²) < 4.78 is 27.5. The molecule has 5 aromatic carbocycles. The molecule has 11 atom stereocenters. The second kappa shape index (κ2) is 21.4. The lowest BCUT2D eigenvalue weighted by atomic mass is 9.64. The van der Waals surface area contributed by atoms with Crippen LogP contribution in [0.1, 0.15) is 115 Å². The van der Waals surface area contributed by atoms with Crippen molar-refractivity contribution in [3.63, 3.8) is 0 Å². The van der Waals surface area contributed by atoms with Crippen LogP contribution < -0.4 is 30.6 Å². The summed E-state index contributed by atoms with van der Waals surface area (Å²) in [6, 6.07) is 31.5. The normalized spacial score (nSPS) is 29.1. The van der Waals surface area contributed by atoms with Crippen molar-refractivity contribution < 1.29 is 34.0 Å². The molecule has 10 nitrogen and oxygen atoms in total. The van der Waals surface area contributed by atoms with E-state index in [0.717, 1.165) is 113 Å². The van der Waals surface area contributed by atoms with Crippen molar-refractivity contribution in [2.75, 3.05) is 19.5 Å². The number of aromatic hydroxyl groups is 2. The number of esters is 1. The van der Waals surface area contributed by atoms with Crippen LogP contribution in [-0.4, -0.2) is 65.3 Å². The van der Waals surface area contributed by atoms with Gasteiger partial charge >= 0.3 is 5.97 Å². The molecule has 78 heavy (non-hydrogen) atoms. The molecule has 1 saturated heterocycles. The molecule has 2 saturated carbocycles. The Morgan fingerprint density at radius 3 is 2.58 bits per heavy atom. The van der Waals surface area contributed by atoms with Gasteiger partial charge in [-0.15, -0.1) is 0 Å². The van der Waals surface area contributed by atoms with Gasteiger partial charge in [0.15, 0.2) is 11.5 Å². The van der Waals surface area contributed by atoms with Gasteiger partial charge in [0.2, 0.25) is 0 Å². The summed E-state index contributed by atoms with van der Waals surface area (Å²) in [5.74, 6) is 10.7. The number of nitrogens with one attached hydrogen (secondary N) is 2. The lowest BCUT2D eigenvalue weighted by molar-refractivity contribution is -0.141. The molecule has 5 aromatic rings. The first kappa shape index (κ1) is 51.2. The van der Waals surface area contributed by atoms with Gasteiger partial charge in [-0.2, -0.15) is 0 Å². The van der Waals surface area contributed by atoms with Gasteiger partial charge in [0.05, 0.1) is 36.2 Å². The van der Waals surface area contributed by atoms with Crippen LogP contribution in [0.15, 0.2) is 120 Å². The fraction of sp³-hybridized carbons (Fsp3) is 0.409. The minimum atomic E-state index is -0.667. The average molecular weight is 1080 g/mol. The molecule has 0 amide bonds. The Morgan fingerprint density at radius 2 is 1.76 bits per heavy atom. The van der Waals surface area contributed by atoms with Crippen molar-refractivity contribution in [3.8, 4) is 51.7 Å². The topological polar surface area (TPSA) is 145 Å². The molecule has 3 aliphatic carbocycles. The predicted molar refractivity (Wildman–Crippen MR) is 311 cm³/mol. The largest absolute Gasteiger partial charge is 0.508 e. The van der Waals surface area contributed by atoms with Crippen molar-refractivity contribution in [1.82, 2.24) is 10.6 Å². The number of nitrogens with two attached hydrogens (primary N) is 1. The van der Waals surface area contributed by atoms with E-state index in [9.17, 15) is 15.0 Å². The van der Waals surface area contributed by atoms with Crippen LogP contribution in [0.5, 0.6) is 28.7 Å². The molecule has 1 spiro atoms. The van der Waals surface area contributed by atoms with Crippen LogP contribution in [0.2, 0.25) is 0 Å². The highest BCUT2D eigenvalue weighted by Crippen LogP contribution is 2.64. The van der Waals surface area contributed by atoms with Crippen LogP contribution in [0.25, 0.3) is 17.2 Å². The summed E-state index contributed by atoms with van der Waals surface area (Å²) in [6.45, 7) is 1.54. The Balaban J connectivity index is 1.02. The first-order chi connectivity index (χ1) is 38.1. The SMILES string of the molecule is COc1cc(O)cc2c1-c1ccc3c4c1C1(CCC(C1)C(CCc1ccccc1)C1=C(C#CCc5cc(O)c6c(c5C(O4)C3COC(C)=O)C=CC3NC4CCCC(CSSC(Cc5ccccc5)C3O6)C4)NC(N)C=C1)C2. The predicted octanol–water partition coefficient (Wildman–Crippen LogP) is 12.0. The molecule has 0 radical (unpaired) electrons. The van der Waals surface area contributed by atoms with E-state index in [2.05, 4.69) is 120 Å². The summed E-state index contributed by atoms with van der Waals surface area (Å²) in [4.78, 5) is 13.0. The number of carbonyl (C=O) groups excluding carboxylic acids is 1. The number of benzene rings is 5. The molecule has 6 N–H and O–H groups in total. The molecule has 5 aliphatic heterocycles. The van der Waals surface area contributed by atoms with Crippen LogP contribution >= 0.6 is 21.6 Å². The zero-order valence-corrected chi connectivity index (χ0v) is 46.1. The third-order valence-electron chi connectivity index (χ3n) is 18.3. The van der Waals surface area contributed by atoms with Crippen molar-refractivity contribution in [3.05, 3.63) is 165 Å².